The molecule has 0 fully saturated rings. The highest BCUT2D eigenvalue weighted by Crippen LogP contribution is 2.33. The van der Waals surface area contributed by atoms with E-state index in [2.05, 4.69) is 0 Å². The summed E-state index contributed by atoms with van der Waals surface area (Å²) in [6.45, 7) is 5.67. The van der Waals surface area contributed by atoms with Gasteiger partial charge in [0, 0.05) is 0 Å². The van der Waals surface area contributed by atoms with Crippen LogP contribution in [-0.2, 0) is 6.18 Å². The lowest BCUT2D eigenvalue weighted by Gasteiger charge is -2.10. The van der Waals surface area contributed by atoms with Crippen LogP contribution < -0.4 is 0 Å². The van der Waals surface area contributed by atoms with Crippen molar-refractivity contribution in [3.8, 4) is 11.1 Å². The second kappa shape index (κ2) is 6.41. The number of hydrogen-bond donors (Lipinski definition) is 0. The van der Waals surface area contributed by atoms with Crippen LogP contribution in [0.1, 0.15) is 25.0 Å². The average molecular weight is 266 g/mol. The first-order chi connectivity index (χ1) is 8.97. The molecule has 0 unspecified atom stereocenters. The Balaban J connectivity index is 0.000000861. The fourth-order valence-corrected chi connectivity index (χ4v) is 1.74. The highest BCUT2D eigenvalue weighted by molar-refractivity contribution is 5.65. The number of benzene rings is 2. The van der Waals surface area contributed by atoms with Crippen molar-refractivity contribution in [3.63, 3.8) is 0 Å². The highest BCUT2D eigenvalue weighted by Gasteiger charge is 2.30. The molecule has 19 heavy (non-hydrogen) atoms. The van der Waals surface area contributed by atoms with Crippen LogP contribution in [0.15, 0.2) is 48.5 Å². The molecule has 0 aliphatic heterocycles. The molecular weight excluding hydrogens is 249 g/mol. The summed E-state index contributed by atoms with van der Waals surface area (Å²) >= 11 is 0. The van der Waals surface area contributed by atoms with Gasteiger partial charge in [0.05, 0.1) is 5.56 Å². The lowest BCUT2D eigenvalue weighted by atomic mass is 10.0. The first-order valence-corrected chi connectivity index (χ1v) is 6.21. The molecular formula is C16H17F3. The molecule has 0 heterocycles. The summed E-state index contributed by atoms with van der Waals surface area (Å²) in [6, 6.07) is 13.2. The van der Waals surface area contributed by atoms with E-state index in [4.69, 9.17) is 0 Å². The summed E-state index contributed by atoms with van der Waals surface area (Å²) in [6.07, 6.45) is -4.30. The molecule has 0 aliphatic carbocycles. The number of alkyl halides is 3. The largest absolute Gasteiger partial charge is 0.416 e. The second-order valence-electron chi connectivity index (χ2n) is 3.95. The van der Waals surface area contributed by atoms with E-state index in [0.717, 1.165) is 11.6 Å². The molecule has 0 amide bonds. The summed E-state index contributed by atoms with van der Waals surface area (Å²) in [7, 11) is 0. The third kappa shape index (κ3) is 4.12. The van der Waals surface area contributed by atoms with Crippen molar-refractivity contribution in [1.82, 2.24) is 0 Å². The summed E-state index contributed by atoms with van der Waals surface area (Å²) in [4.78, 5) is 0. The van der Waals surface area contributed by atoms with Crippen LogP contribution in [0.2, 0.25) is 0 Å². The molecule has 2 aromatic rings. The zero-order chi connectivity index (χ0) is 14.5. The predicted octanol–water partition coefficient (Wildman–Crippen LogP) is 5.71. The van der Waals surface area contributed by atoms with Crippen LogP contribution in [0.25, 0.3) is 11.1 Å². The Morgan fingerprint density at radius 3 is 1.89 bits per heavy atom. The molecule has 0 nitrogen and oxygen atoms in total. The van der Waals surface area contributed by atoms with Crippen LogP contribution in [0.3, 0.4) is 0 Å². The average Bonchev–Trinajstić information content (AvgIpc) is 2.40. The lowest BCUT2D eigenvalue weighted by Crippen LogP contribution is -2.05. The Morgan fingerprint density at radius 2 is 1.37 bits per heavy atom. The van der Waals surface area contributed by atoms with E-state index in [1.54, 1.807) is 25.1 Å². The van der Waals surface area contributed by atoms with Crippen molar-refractivity contribution in [3.05, 3.63) is 59.7 Å². The molecule has 2 rings (SSSR count). The standard InChI is InChI=1S/C14H11F3.C2H6/c1-10-7-12(11-5-3-2-4-6-11)9-13(8-10)14(15,16)17;1-2/h2-9H,1H3;1-2H3. The van der Waals surface area contributed by atoms with Gasteiger partial charge in [0.2, 0.25) is 0 Å². The summed E-state index contributed by atoms with van der Waals surface area (Å²) < 4.78 is 38.0. The van der Waals surface area contributed by atoms with Crippen molar-refractivity contribution in [2.75, 3.05) is 0 Å². The van der Waals surface area contributed by atoms with Gasteiger partial charge < -0.3 is 0 Å². The Hall–Kier alpha value is -1.77. The van der Waals surface area contributed by atoms with Gasteiger partial charge in [-0.15, -0.1) is 0 Å². The van der Waals surface area contributed by atoms with E-state index < -0.39 is 11.7 Å². The minimum absolute atomic E-state index is 0.595. The predicted molar refractivity (Wildman–Crippen MR) is 73.0 cm³/mol. The molecule has 0 aliphatic rings. The first-order valence-electron chi connectivity index (χ1n) is 6.21. The molecule has 102 valence electrons. The van der Waals surface area contributed by atoms with Crippen LogP contribution in [0.5, 0.6) is 0 Å². The van der Waals surface area contributed by atoms with Gasteiger partial charge in [-0.25, -0.2) is 0 Å². The summed E-state index contributed by atoms with van der Waals surface area (Å²) in [5.41, 5.74) is 1.40. The smallest absolute Gasteiger partial charge is 0.166 e. The van der Waals surface area contributed by atoms with Crippen molar-refractivity contribution < 1.29 is 13.2 Å². The van der Waals surface area contributed by atoms with Gasteiger partial charge >= 0.3 is 6.18 Å². The monoisotopic (exact) mass is 266 g/mol. The van der Waals surface area contributed by atoms with E-state index in [9.17, 15) is 13.2 Å². The molecule has 0 radical (unpaired) electrons. The van der Waals surface area contributed by atoms with Crippen molar-refractivity contribution >= 4 is 0 Å². The molecule has 0 atom stereocenters. The quantitative estimate of drug-likeness (QED) is 0.620. The summed E-state index contributed by atoms with van der Waals surface area (Å²) in [5, 5.41) is 0. The normalized spacial score (nSPS) is 10.6. The zero-order valence-corrected chi connectivity index (χ0v) is 11.3. The van der Waals surface area contributed by atoms with E-state index in [-0.39, 0.29) is 0 Å². The van der Waals surface area contributed by atoms with E-state index in [0.29, 0.717) is 11.1 Å². The fraction of sp³-hybridized carbons (Fsp3) is 0.250. The maximum Gasteiger partial charge on any atom is 0.416 e. The minimum atomic E-state index is -4.30. The molecule has 0 spiro atoms. The maximum atomic E-state index is 12.7. The first kappa shape index (κ1) is 15.3. The lowest BCUT2D eigenvalue weighted by molar-refractivity contribution is -0.137. The second-order valence-corrected chi connectivity index (χ2v) is 3.95. The van der Waals surface area contributed by atoms with Gasteiger partial charge in [-0.1, -0.05) is 50.2 Å². The maximum absolute atomic E-state index is 12.7. The van der Waals surface area contributed by atoms with Crippen LogP contribution >= 0.6 is 0 Å². The number of aryl methyl sites for hydroxylation is 1. The van der Waals surface area contributed by atoms with E-state index in [1.165, 1.54) is 6.07 Å². The summed E-state index contributed by atoms with van der Waals surface area (Å²) in [5.74, 6) is 0. The van der Waals surface area contributed by atoms with E-state index in [1.807, 2.05) is 32.0 Å². The topological polar surface area (TPSA) is 0 Å². The number of rotatable bonds is 1. The van der Waals surface area contributed by atoms with Gasteiger partial charge in [-0.3, -0.25) is 0 Å². The number of hydrogen-bond acceptors (Lipinski definition) is 0. The van der Waals surface area contributed by atoms with Gasteiger partial charge in [-0.2, -0.15) is 13.2 Å². The highest BCUT2D eigenvalue weighted by atomic mass is 19.4. The zero-order valence-electron chi connectivity index (χ0n) is 11.3. The van der Waals surface area contributed by atoms with Crippen LogP contribution in [0, 0.1) is 6.92 Å². The van der Waals surface area contributed by atoms with Crippen molar-refractivity contribution in [2.45, 2.75) is 26.9 Å². The van der Waals surface area contributed by atoms with Crippen molar-refractivity contribution in [1.29, 1.82) is 0 Å². The Bertz CT molecular complexity index is 513. The van der Waals surface area contributed by atoms with Gasteiger partial charge in [0.25, 0.3) is 0 Å². The molecule has 0 aromatic heterocycles. The molecule has 0 bridgehead atoms. The Kier molecular flexibility index (Phi) is 5.16. The van der Waals surface area contributed by atoms with Crippen LogP contribution in [0.4, 0.5) is 13.2 Å². The Labute approximate surface area is 111 Å². The third-order valence-electron chi connectivity index (χ3n) is 2.51. The van der Waals surface area contributed by atoms with E-state index >= 15 is 0 Å². The molecule has 2 aromatic carbocycles. The van der Waals surface area contributed by atoms with Gasteiger partial charge in [0.1, 0.15) is 0 Å². The molecule has 0 saturated heterocycles. The third-order valence-corrected chi connectivity index (χ3v) is 2.51. The SMILES string of the molecule is CC.Cc1cc(-c2ccccc2)cc(C(F)(F)F)c1. The molecule has 0 saturated carbocycles. The van der Waals surface area contributed by atoms with Gasteiger partial charge in [-0.05, 0) is 35.7 Å². The van der Waals surface area contributed by atoms with Crippen molar-refractivity contribution in [2.24, 2.45) is 0 Å². The van der Waals surface area contributed by atoms with Gasteiger partial charge in [0.15, 0.2) is 0 Å². The number of halogens is 3. The van der Waals surface area contributed by atoms with Crippen LogP contribution in [-0.4, -0.2) is 0 Å². The minimum Gasteiger partial charge on any atom is -0.166 e. The fourth-order valence-electron chi connectivity index (χ4n) is 1.74. The Morgan fingerprint density at radius 1 is 0.789 bits per heavy atom. The molecule has 3 heteroatoms. The molecule has 0 N–H and O–H groups in total.